The first-order valence-corrected chi connectivity index (χ1v) is 13.2. The van der Waals surface area contributed by atoms with Crippen molar-refractivity contribution in [2.45, 2.75) is 6.92 Å². The van der Waals surface area contributed by atoms with Crippen LogP contribution in [0.4, 0.5) is 4.39 Å². The molecule has 0 aliphatic heterocycles. The second-order valence-corrected chi connectivity index (χ2v) is 9.01. The Kier molecular flexibility index (Phi) is 8.82. The summed E-state index contributed by atoms with van der Waals surface area (Å²) in [5, 5.41) is 11.3. The first-order chi connectivity index (χ1) is 10.0. The summed E-state index contributed by atoms with van der Waals surface area (Å²) in [7, 11) is 11.4. The normalized spacial score (nSPS) is 10.1. The van der Waals surface area contributed by atoms with Crippen LogP contribution in [0.1, 0.15) is 5.56 Å². The van der Waals surface area contributed by atoms with E-state index < -0.39 is 20.8 Å². The molecule has 0 amide bonds. The van der Waals surface area contributed by atoms with E-state index in [-0.39, 0.29) is 20.1 Å². The number of benzene rings is 2. The van der Waals surface area contributed by atoms with Crippen LogP contribution in [0, 0.1) is 12.7 Å². The van der Waals surface area contributed by atoms with Crippen LogP contribution < -0.4 is 15.3 Å². The summed E-state index contributed by atoms with van der Waals surface area (Å²) in [5.41, 5.74) is 0.885. The summed E-state index contributed by atoms with van der Waals surface area (Å²) in [5.74, 6) is 0.255. The molecule has 21 heavy (non-hydrogen) atoms. The minimum absolute atomic E-state index is 0.0677. The third-order valence-electron chi connectivity index (χ3n) is 2.70. The SMILES string of the molecule is COc1cccc(Pc2c(C)cccc2F)c1O.[Cl][Zr][Cl]. The van der Waals surface area contributed by atoms with Crippen LogP contribution in [0.3, 0.4) is 0 Å². The second-order valence-electron chi connectivity index (χ2n) is 3.98. The third-order valence-corrected chi connectivity index (χ3v) is 4.26. The quantitative estimate of drug-likeness (QED) is 0.756. The molecule has 2 aromatic carbocycles. The number of hydrogen-bond acceptors (Lipinski definition) is 2. The summed E-state index contributed by atoms with van der Waals surface area (Å²) in [6, 6.07) is 10.2. The van der Waals surface area contributed by atoms with Crippen molar-refractivity contribution < 1.29 is 35.1 Å². The van der Waals surface area contributed by atoms with Gasteiger partial charge in [0, 0.05) is 10.6 Å². The standard InChI is InChI=1S/C14H14FO2P.2ClH.Zr/c1-9-5-3-6-10(15)14(9)18-12-8-4-7-11(17-2)13(12)16;;;/h3-8,16,18H,1-2H3;2*1H;/q;;;+2/p-2. The molecule has 1 unspecified atom stereocenters. The van der Waals surface area contributed by atoms with Crippen LogP contribution >= 0.6 is 25.6 Å². The zero-order valence-electron chi connectivity index (χ0n) is 11.5. The minimum atomic E-state index is -0.826. The molecule has 1 N–H and O–H groups in total. The maximum absolute atomic E-state index is 13.7. The van der Waals surface area contributed by atoms with E-state index in [9.17, 15) is 9.50 Å². The first kappa shape index (κ1) is 18.9. The van der Waals surface area contributed by atoms with Crippen molar-refractivity contribution in [2.24, 2.45) is 0 Å². The molecule has 0 saturated heterocycles. The number of phenols is 1. The van der Waals surface area contributed by atoms with Crippen LogP contribution in [0.15, 0.2) is 36.4 Å². The van der Waals surface area contributed by atoms with Gasteiger partial charge in [-0.2, -0.15) is 0 Å². The van der Waals surface area contributed by atoms with Gasteiger partial charge in [-0.05, 0) is 24.6 Å². The van der Waals surface area contributed by atoms with E-state index in [1.54, 1.807) is 24.3 Å². The van der Waals surface area contributed by atoms with E-state index in [1.807, 2.05) is 13.0 Å². The van der Waals surface area contributed by atoms with Gasteiger partial charge in [0.25, 0.3) is 0 Å². The predicted octanol–water partition coefficient (Wildman–Crippen LogP) is 3.85. The number of ether oxygens (including phenoxy) is 1. The summed E-state index contributed by atoms with van der Waals surface area (Å²) in [6.45, 7) is 1.86. The molecule has 0 saturated carbocycles. The summed E-state index contributed by atoms with van der Waals surface area (Å²) >= 11 is -0.826. The number of rotatable bonds is 3. The van der Waals surface area contributed by atoms with E-state index in [0.29, 0.717) is 16.4 Å². The molecule has 0 aliphatic carbocycles. The van der Waals surface area contributed by atoms with Gasteiger partial charge in [-0.25, -0.2) is 4.39 Å². The number of hydrogen-bond donors (Lipinski definition) is 1. The molecule has 2 nitrogen and oxygen atoms in total. The van der Waals surface area contributed by atoms with Gasteiger partial charge in [-0.15, -0.1) is 0 Å². The van der Waals surface area contributed by atoms with Crippen LogP contribution in [0.5, 0.6) is 11.5 Å². The van der Waals surface area contributed by atoms with Crippen LogP contribution in [0.25, 0.3) is 0 Å². The summed E-state index contributed by atoms with van der Waals surface area (Å²) in [4.78, 5) is 0. The van der Waals surface area contributed by atoms with Crippen molar-refractivity contribution in [2.75, 3.05) is 7.11 Å². The van der Waals surface area contributed by atoms with E-state index >= 15 is 0 Å². The molecule has 0 bridgehead atoms. The molecule has 1 atom stereocenters. The number of para-hydroxylation sites is 1. The number of phenolic OH excluding ortho intramolecular Hbond substituents is 1. The van der Waals surface area contributed by atoms with Crippen LogP contribution in [0.2, 0.25) is 0 Å². The molecule has 0 aromatic heterocycles. The third kappa shape index (κ3) is 5.53. The molecule has 2 rings (SSSR count). The van der Waals surface area contributed by atoms with Crippen molar-refractivity contribution in [3.8, 4) is 11.5 Å². The van der Waals surface area contributed by atoms with Crippen LogP contribution in [-0.4, -0.2) is 12.2 Å². The number of halogens is 3. The predicted molar refractivity (Wildman–Crippen MR) is 85.1 cm³/mol. The monoisotopic (exact) mass is 424 g/mol. The van der Waals surface area contributed by atoms with E-state index in [0.717, 1.165) is 5.56 Å². The van der Waals surface area contributed by atoms with Crippen molar-refractivity contribution in [3.05, 3.63) is 47.8 Å². The molecule has 7 heteroatoms. The summed E-state index contributed by atoms with van der Waals surface area (Å²) in [6.07, 6.45) is 0. The number of aromatic hydroxyl groups is 1. The van der Waals surface area contributed by atoms with Crippen molar-refractivity contribution in [1.29, 1.82) is 0 Å². The Labute approximate surface area is 144 Å². The maximum atomic E-state index is 13.7. The Balaban J connectivity index is 0.000000677. The molecule has 112 valence electrons. The second kappa shape index (κ2) is 9.79. The molecule has 2 aromatic rings. The zero-order valence-corrected chi connectivity index (χ0v) is 16.4. The van der Waals surface area contributed by atoms with Gasteiger partial charge in [0.05, 0.1) is 7.11 Å². The zero-order chi connectivity index (χ0) is 15.8. The average molecular weight is 426 g/mol. The fourth-order valence-electron chi connectivity index (χ4n) is 1.71. The Morgan fingerprint density at radius 3 is 2.38 bits per heavy atom. The molecule has 0 spiro atoms. The topological polar surface area (TPSA) is 29.5 Å². The number of methoxy groups -OCH3 is 1. The van der Waals surface area contributed by atoms with Crippen LogP contribution in [-0.2, 0) is 20.8 Å². The molecule has 0 radical (unpaired) electrons. The summed E-state index contributed by atoms with van der Waals surface area (Å²) < 4.78 is 18.8. The van der Waals surface area contributed by atoms with Gasteiger partial charge in [0.2, 0.25) is 0 Å². The Morgan fingerprint density at radius 1 is 1.19 bits per heavy atom. The van der Waals surface area contributed by atoms with Gasteiger partial charge in [-0.3, -0.25) is 0 Å². The first-order valence-electron chi connectivity index (χ1n) is 5.89. The molecule has 0 aliphatic rings. The Bertz CT molecular complexity index is 579. The average Bonchev–Trinajstić information content (AvgIpc) is 2.45. The Hall–Kier alpha value is -0.137. The fourth-order valence-corrected chi connectivity index (χ4v) is 2.89. The van der Waals surface area contributed by atoms with Gasteiger partial charge in [-0.1, -0.05) is 32.8 Å². The van der Waals surface area contributed by atoms with Crippen molar-refractivity contribution in [1.82, 2.24) is 0 Å². The van der Waals surface area contributed by atoms with Gasteiger partial charge in [0.1, 0.15) is 5.82 Å². The Morgan fingerprint density at radius 2 is 1.81 bits per heavy atom. The van der Waals surface area contributed by atoms with Gasteiger partial charge < -0.3 is 9.84 Å². The fraction of sp³-hybridized carbons (Fsp3) is 0.143. The van der Waals surface area contributed by atoms with Crippen molar-refractivity contribution >= 4 is 36.2 Å². The molecule has 0 heterocycles. The number of aryl methyl sites for hydroxylation is 1. The molecule has 0 fully saturated rings. The van der Waals surface area contributed by atoms with E-state index in [4.69, 9.17) is 21.8 Å². The molecular weight excluding hydrogens is 412 g/mol. The van der Waals surface area contributed by atoms with Crippen molar-refractivity contribution in [3.63, 3.8) is 0 Å². The van der Waals surface area contributed by atoms with Gasteiger partial charge in [0.15, 0.2) is 11.5 Å². The molecular formula is C14H14Cl2FO2PZr. The van der Waals surface area contributed by atoms with E-state index in [1.165, 1.54) is 13.2 Å². The van der Waals surface area contributed by atoms with E-state index in [2.05, 4.69) is 0 Å². The van der Waals surface area contributed by atoms with Gasteiger partial charge >= 0.3 is 37.9 Å².